The van der Waals surface area contributed by atoms with Crippen molar-refractivity contribution in [3.63, 3.8) is 0 Å². The fourth-order valence-corrected chi connectivity index (χ4v) is 2.60. The van der Waals surface area contributed by atoms with E-state index in [1.54, 1.807) is 18.2 Å². The second-order valence-corrected chi connectivity index (χ2v) is 6.89. The van der Waals surface area contributed by atoms with Gasteiger partial charge >= 0.3 is 0 Å². The molecule has 4 nitrogen and oxygen atoms in total. The first-order chi connectivity index (χ1) is 8.91. The molecule has 0 amide bonds. The first kappa shape index (κ1) is 15.7. The largest absolute Gasteiger partial charge is 0.387 e. The number of nitrogens with one attached hydrogen (secondary N) is 1. The zero-order chi connectivity index (χ0) is 14.5. The monoisotopic (exact) mass is 342 g/mol. The molecule has 0 saturated carbocycles. The Morgan fingerprint density at radius 1 is 1.47 bits per heavy atom. The van der Waals surface area contributed by atoms with Crippen molar-refractivity contribution in [1.82, 2.24) is 5.32 Å². The van der Waals surface area contributed by atoms with E-state index in [-0.39, 0.29) is 15.8 Å². The predicted octanol–water partition coefficient (Wildman–Crippen LogP) is 2.98. The Balaban J connectivity index is 3.10. The van der Waals surface area contributed by atoms with Crippen LogP contribution in [0.3, 0.4) is 0 Å². The van der Waals surface area contributed by atoms with Gasteiger partial charge in [0.2, 0.25) is 9.84 Å². The maximum atomic E-state index is 12.2. The van der Waals surface area contributed by atoms with Crippen molar-refractivity contribution in [3.8, 4) is 6.07 Å². The second kappa shape index (κ2) is 6.73. The molecule has 19 heavy (non-hydrogen) atoms. The van der Waals surface area contributed by atoms with Crippen LogP contribution in [-0.4, -0.2) is 14.5 Å². The standard InChI is InChI=1S/C13H15BrN2O2S/c1-3-10(2)16-9-13(8-15)19(17,18)12-6-4-11(14)5-7-12/h4-7,9-10,16H,3H2,1-2H3/b13-9+/t10-/m1/s1. The Labute approximate surface area is 122 Å². The van der Waals surface area contributed by atoms with Crippen molar-refractivity contribution in [3.05, 3.63) is 39.8 Å². The van der Waals surface area contributed by atoms with Crippen molar-refractivity contribution >= 4 is 25.8 Å². The van der Waals surface area contributed by atoms with Gasteiger partial charge in [-0.1, -0.05) is 22.9 Å². The fraction of sp³-hybridized carbons (Fsp3) is 0.308. The van der Waals surface area contributed by atoms with Crippen molar-refractivity contribution in [1.29, 1.82) is 5.26 Å². The van der Waals surface area contributed by atoms with Crippen LogP contribution >= 0.6 is 15.9 Å². The van der Waals surface area contributed by atoms with Gasteiger partial charge in [0.15, 0.2) is 4.91 Å². The molecule has 1 aromatic carbocycles. The second-order valence-electron chi connectivity index (χ2n) is 4.05. The quantitative estimate of drug-likeness (QED) is 0.835. The number of sulfone groups is 1. The molecule has 0 saturated heterocycles. The molecule has 0 radical (unpaired) electrons. The Morgan fingerprint density at radius 3 is 2.53 bits per heavy atom. The molecule has 1 rings (SSSR count). The zero-order valence-electron chi connectivity index (χ0n) is 10.7. The molecule has 0 aliphatic rings. The van der Waals surface area contributed by atoms with Crippen LogP contribution in [0.5, 0.6) is 0 Å². The summed E-state index contributed by atoms with van der Waals surface area (Å²) in [6.45, 7) is 3.89. The number of rotatable bonds is 5. The highest BCUT2D eigenvalue weighted by Crippen LogP contribution is 2.20. The highest BCUT2D eigenvalue weighted by atomic mass is 79.9. The summed E-state index contributed by atoms with van der Waals surface area (Å²) in [5.74, 6) is 0. The van der Waals surface area contributed by atoms with E-state index in [1.165, 1.54) is 18.3 Å². The smallest absolute Gasteiger partial charge is 0.218 e. The average Bonchev–Trinajstić information content (AvgIpc) is 2.39. The number of nitrogens with zero attached hydrogens (tertiary/aromatic N) is 1. The fourth-order valence-electron chi connectivity index (χ4n) is 1.25. The Morgan fingerprint density at radius 2 is 2.05 bits per heavy atom. The molecule has 102 valence electrons. The van der Waals surface area contributed by atoms with E-state index in [0.29, 0.717) is 0 Å². The third-order valence-corrected chi connectivity index (χ3v) is 4.84. The summed E-state index contributed by atoms with van der Waals surface area (Å²) in [6, 6.07) is 8.04. The molecule has 1 atom stereocenters. The third-order valence-electron chi connectivity index (χ3n) is 2.63. The number of allylic oxidation sites excluding steroid dienone is 1. The number of hydrogen-bond acceptors (Lipinski definition) is 4. The Kier molecular flexibility index (Phi) is 5.58. The molecule has 0 spiro atoms. The lowest BCUT2D eigenvalue weighted by molar-refractivity contribution is 0.599. The van der Waals surface area contributed by atoms with Crippen molar-refractivity contribution < 1.29 is 8.42 Å². The zero-order valence-corrected chi connectivity index (χ0v) is 13.1. The molecule has 6 heteroatoms. The summed E-state index contributed by atoms with van der Waals surface area (Å²) in [5, 5.41) is 11.9. The predicted molar refractivity (Wildman–Crippen MR) is 77.9 cm³/mol. The number of hydrogen-bond donors (Lipinski definition) is 1. The van der Waals surface area contributed by atoms with Crippen LogP contribution in [0.2, 0.25) is 0 Å². The van der Waals surface area contributed by atoms with Gasteiger partial charge in [0.1, 0.15) is 6.07 Å². The average molecular weight is 343 g/mol. The molecule has 1 aromatic rings. The van der Waals surface area contributed by atoms with Gasteiger partial charge in [-0.25, -0.2) is 8.42 Å². The molecule has 0 fully saturated rings. The SMILES string of the molecule is CC[C@@H](C)N/C=C(\C#N)S(=O)(=O)c1ccc(Br)cc1. The molecule has 0 aromatic heterocycles. The summed E-state index contributed by atoms with van der Waals surface area (Å²) in [4.78, 5) is -0.176. The van der Waals surface area contributed by atoms with Crippen LogP contribution < -0.4 is 5.32 Å². The first-order valence-corrected chi connectivity index (χ1v) is 8.06. The van der Waals surface area contributed by atoms with Crippen LogP contribution in [0.15, 0.2) is 44.7 Å². The Hall–Kier alpha value is -1.32. The van der Waals surface area contributed by atoms with Gasteiger partial charge in [0, 0.05) is 16.7 Å². The van der Waals surface area contributed by atoms with E-state index in [0.717, 1.165) is 10.9 Å². The van der Waals surface area contributed by atoms with E-state index < -0.39 is 9.84 Å². The third kappa shape index (κ3) is 4.08. The van der Waals surface area contributed by atoms with Gasteiger partial charge in [-0.2, -0.15) is 5.26 Å². The Bertz CT molecular complexity index is 601. The molecule has 0 aliphatic heterocycles. The van der Waals surface area contributed by atoms with Crippen molar-refractivity contribution in [2.24, 2.45) is 0 Å². The molecule has 0 unspecified atom stereocenters. The molecule has 0 bridgehead atoms. The molecular formula is C13H15BrN2O2S. The maximum Gasteiger partial charge on any atom is 0.218 e. The number of benzene rings is 1. The summed E-state index contributed by atoms with van der Waals surface area (Å²) < 4.78 is 25.2. The summed E-state index contributed by atoms with van der Waals surface area (Å²) in [5.41, 5.74) is 0. The number of halogens is 1. The minimum atomic E-state index is -3.76. The van der Waals surface area contributed by atoms with E-state index >= 15 is 0 Å². The normalized spacial score (nSPS) is 13.7. The highest BCUT2D eigenvalue weighted by molar-refractivity contribution is 9.10. The van der Waals surface area contributed by atoms with Crippen LogP contribution in [0, 0.1) is 11.3 Å². The van der Waals surface area contributed by atoms with Gasteiger partial charge in [-0.05, 0) is 37.6 Å². The number of nitriles is 1. The van der Waals surface area contributed by atoms with E-state index in [9.17, 15) is 8.42 Å². The topological polar surface area (TPSA) is 70.0 Å². The van der Waals surface area contributed by atoms with Crippen LogP contribution in [-0.2, 0) is 9.84 Å². The molecule has 0 aliphatic carbocycles. The van der Waals surface area contributed by atoms with E-state index in [4.69, 9.17) is 5.26 Å². The van der Waals surface area contributed by atoms with Crippen LogP contribution in [0.1, 0.15) is 20.3 Å². The minimum absolute atomic E-state index is 0.106. The van der Waals surface area contributed by atoms with Gasteiger partial charge in [0.05, 0.1) is 4.90 Å². The van der Waals surface area contributed by atoms with Crippen molar-refractivity contribution in [2.75, 3.05) is 0 Å². The maximum absolute atomic E-state index is 12.2. The molecule has 1 N–H and O–H groups in total. The molecule has 0 heterocycles. The molecular weight excluding hydrogens is 328 g/mol. The van der Waals surface area contributed by atoms with E-state index in [2.05, 4.69) is 21.2 Å². The lowest BCUT2D eigenvalue weighted by Gasteiger charge is -2.09. The van der Waals surface area contributed by atoms with Gasteiger partial charge < -0.3 is 5.32 Å². The highest BCUT2D eigenvalue weighted by Gasteiger charge is 2.20. The van der Waals surface area contributed by atoms with Crippen LogP contribution in [0.25, 0.3) is 0 Å². The lowest BCUT2D eigenvalue weighted by atomic mass is 10.3. The van der Waals surface area contributed by atoms with Gasteiger partial charge in [-0.3, -0.25) is 0 Å². The summed E-state index contributed by atoms with van der Waals surface area (Å²) >= 11 is 3.24. The summed E-state index contributed by atoms with van der Waals surface area (Å²) in [6.07, 6.45) is 2.11. The summed E-state index contributed by atoms with van der Waals surface area (Å²) in [7, 11) is -3.76. The van der Waals surface area contributed by atoms with E-state index in [1.807, 2.05) is 13.8 Å². The first-order valence-electron chi connectivity index (χ1n) is 5.78. The lowest BCUT2D eigenvalue weighted by Crippen LogP contribution is -2.20. The van der Waals surface area contributed by atoms with Gasteiger partial charge in [0.25, 0.3) is 0 Å². The minimum Gasteiger partial charge on any atom is -0.387 e. The van der Waals surface area contributed by atoms with Gasteiger partial charge in [-0.15, -0.1) is 0 Å². The van der Waals surface area contributed by atoms with Crippen molar-refractivity contribution in [2.45, 2.75) is 31.2 Å². The van der Waals surface area contributed by atoms with Crippen LogP contribution in [0.4, 0.5) is 0 Å².